The maximum Gasteiger partial charge on any atom is 0.338 e. The van der Waals surface area contributed by atoms with E-state index in [2.05, 4.69) is 20.8 Å². The number of rotatable bonds is 7. The van der Waals surface area contributed by atoms with Crippen molar-refractivity contribution in [3.05, 3.63) is 70.8 Å². The standard InChI is InChI=1S/C39H52O7/c1-26-12-8-10-14-29(26)33(40)42-23-22-38(25-43-34(41)30-15-11-9-13-27(30)2)20-21-39(46-38)28(3)16-17-31-36(6)24-44-35(4,5)45-32(36)18-19-37(31,39)7/h8-15,28,31-32H,16-25H2,1-7H3/t28-,31-,32-,36+,37+,38-,39-/m1/s1. The van der Waals surface area contributed by atoms with Crippen molar-refractivity contribution in [3.63, 3.8) is 0 Å². The van der Waals surface area contributed by atoms with Gasteiger partial charge in [0.1, 0.15) is 12.2 Å². The van der Waals surface area contributed by atoms with Crippen molar-refractivity contribution in [1.29, 1.82) is 0 Å². The van der Waals surface area contributed by atoms with E-state index < -0.39 is 17.0 Å². The van der Waals surface area contributed by atoms with Crippen molar-refractivity contribution in [1.82, 2.24) is 0 Å². The van der Waals surface area contributed by atoms with E-state index in [0.717, 1.165) is 49.7 Å². The van der Waals surface area contributed by atoms with E-state index in [1.165, 1.54) is 0 Å². The van der Waals surface area contributed by atoms with Crippen molar-refractivity contribution in [2.75, 3.05) is 19.8 Å². The lowest BCUT2D eigenvalue weighted by Gasteiger charge is -2.67. The number of aryl methyl sites for hydroxylation is 2. The number of benzene rings is 2. The molecule has 46 heavy (non-hydrogen) atoms. The molecule has 4 aliphatic rings. The quantitative estimate of drug-likeness (QED) is 0.286. The average Bonchev–Trinajstić information content (AvgIpc) is 3.41. The van der Waals surface area contributed by atoms with E-state index in [4.69, 9.17) is 23.7 Å². The van der Waals surface area contributed by atoms with Crippen LogP contribution in [-0.2, 0) is 23.7 Å². The van der Waals surface area contributed by atoms with Crippen LogP contribution in [0.2, 0.25) is 0 Å². The summed E-state index contributed by atoms with van der Waals surface area (Å²) in [4.78, 5) is 26.4. The Morgan fingerprint density at radius 3 is 2.11 bits per heavy atom. The molecule has 2 saturated heterocycles. The summed E-state index contributed by atoms with van der Waals surface area (Å²) in [5, 5.41) is 0. The minimum absolute atomic E-state index is 0.109. The first-order valence-corrected chi connectivity index (χ1v) is 17.2. The third-order valence-electron chi connectivity index (χ3n) is 12.4. The molecule has 0 amide bonds. The Bertz CT molecular complexity index is 1470. The molecule has 7 nitrogen and oxygen atoms in total. The van der Waals surface area contributed by atoms with Gasteiger partial charge in [-0.05, 0) is 101 Å². The molecule has 0 N–H and O–H groups in total. The molecule has 2 aliphatic carbocycles. The molecule has 2 saturated carbocycles. The summed E-state index contributed by atoms with van der Waals surface area (Å²) in [5.74, 6) is -0.600. The molecular formula is C39H52O7. The van der Waals surface area contributed by atoms with Crippen molar-refractivity contribution in [2.24, 2.45) is 22.7 Å². The lowest BCUT2D eigenvalue weighted by Crippen LogP contribution is -2.69. The van der Waals surface area contributed by atoms with Crippen LogP contribution in [0.5, 0.6) is 0 Å². The molecule has 7 atom stereocenters. The van der Waals surface area contributed by atoms with Gasteiger partial charge in [-0.2, -0.15) is 0 Å². The Hall–Kier alpha value is -2.74. The van der Waals surface area contributed by atoms with Crippen molar-refractivity contribution >= 4 is 11.9 Å². The van der Waals surface area contributed by atoms with E-state index in [-0.39, 0.29) is 42.1 Å². The largest absolute Gasteiger partial charge is 0.462 e. The summed E-state index contributed by atoms with van der Waals surface area (Å²) in [5.41, 5.74) is 1.44. The summed E-state index contributed by atoms with van der Waals surface area (Å²) < 4.78 is 32.3. The van der Waals surface area contributed by atoms with Crippen LogP contribution in [0.4, 0.5) is 0 Å². The van der Waals surface area contributed by atoms with Gasteiger partial charge in [-0.25, -0.2) is 9.59 Å². The topological polar surface area (TPSA) is 80.3 Å². The maximum atomic E-state index is 13.4. The summed E-state index contributed by atoms with van der Waals surface area (Å²) in [6.07, 6.45) is 6.28. The monoisotopic (exact) mass is 632 g/mol. The van der Waals surface area contributed by atoms with Crippen LogP contribution >= 0.6 is 0 Å². The van der Waals surface area contributed by atoms with E-state index in [9.17, 15) is 9.59 Å². The number of carbonyl (C=O) groups is 2. The number of carbonyl (C=O) groups excluding carboxylic acids is 2. The molecule has 0 unspecified atom stereocenters. The average molecular weight is 633 g/mol. The number of ether oxygens (including phenoxy) is 5. The zero-order chi connectivity index (χ0) is 33.0. The number of esters is 2. The summed E-state index contributed by atoms with van der Waals surface area (Å²) in [7, 11) is 0. The second-order valence-electron chi connectivity index (χ2n) is 15.6. The molecule has 0 aromatic heterocycles. The first-order chi connectivity index (χ1) is 21.7. The predicted octanol–water partition coefficient (Wildman–Crippen LogP) is 8.00. The van der Waals surface area contributed by atoms with Crippen LogP contribution in [0.1, 0.15) is 111 Å². The molecule has 4 fully saturated rings. The van der Waals surface area contributed by atoms with Gasteiger partial charge in [0, 0.05) is 17.3 Å². The molecule has 250 valence electrons. The van der Waals surface area contributed by atoms with Gasteiger partial charge in [-0.1, -0.05) is 57.2 Å². The van der Waals surface area contributed by atoms with Crippen LogP contribution in [0, 0.1) is 36.5 Å². The number of hydrogen-bond acceptors (Lipinski definition) is 7. The van der Waals surface area contributed by atoms with Crippen LogP contribution in [0.15, 0.2) is 48.5 Å². The van der Waals surface area contributed by atoms with Gasteiger partial charge in [0.05, 0.1) is 36.0 Å². The van der Waals surface area contributed by atoms with Crippen LogP contribution < -0.4 is 0 Å². The number of hydrogen-bond donors (Lipinski definition) is 0. The molecule has 6 rings (SSSR count). The second kappa shape index (κ2) is 12.1. The van der Waals surface area contributed by atoms with Gasteiger partial charge in [0.25, 0.3) is 0 Å². The highest BCUT2D eigenvalue weighted by Gasteiger charge is 2.70. The van der Waals surface area contributed by atoms with Crippen molar-refractivity contribution in [3.8, 4) is 0 Å². The summed E-state index contributed by atoms with van der Waals surface area (Å²) >= 11 is 0. The minimum atomic E-state index is -0.775. The fourth-order valence-corrected chi connectivity index (χ4v) is 9.63. The van der Waals surface area contributed by atoms with Crippen LogP contribution in [0.3, 0.4) is 0 Å². The first kappa shape index (κ1) is 33.2. The fourth-order valence-electron chi connectivity index (χ4n) is 9.63. The molecular weight excluding hydrogens is 580 g/mol. The highest BCUT2D eigenvalue weighted by atomic mass is 16.7. The van der Waals surface area contributed by atoms with Crippen molar-refractivity contribution in [2.45, 2.75) is 117 Å². The number of fused-ring (bicyclic) bond motifs is 4. The molecule has 1 spiro atoms. The van der Waals surface area contributed by atoms with Gasteiger partial charge >= 0.3 is 11.9 Å². The van der Waals surface area contributed by atoms with E-state index in [0.29, 0.717) is 36.0 Å². The van der Waals surface area contributed by atoms with Crippen LogP contribution in [0.25, 0.3) is 0 Å². The van der Waals surface area contributed by atoms with Gasteiger partial charge in [-0.3, -0.25) is 0 Å². The summed E-state index contributed by atoms with van der Waals surface area (Å²) in [6.45, 7) is 15.9. The van der Waals surface area contributed by atoms with Gasteiger partial charge in [0.15, 0.2) is 5.79 Å². The Morgan fingerprint density at radius 2 is 1.46 bits per heavy atom. The molecule has 2 aromatic rings. The van der Waals surface area contributed by atoms with Gasteiger partial charge < -0.3 is 23.7 Å². The lowest BCUT2D eigenvalue weighted by atomic mass is 9.43. The Morgan fingerprint density at radius 1 is 0.826 bits per heavy atom. The predicted molar refractivity (Wildman–Crippen MR) is 176 cm³/mol. The maximum absolute atomic E-state index is 13.4. The van der Waals surface area contributed by atoms with Crippen molar-refractivity contribution < 1.29 is 33.3 Å². The molecule has 2 heterocycles. The normalized spacial score (nSPS) is 36.5. The second-order valence-corrected chi connectivity index (χ2v) is 15.6. The zero-order valence-electron chi connectivity index (χ0n) is 28.8. The molecule has 0 radical (unpaired) electrons. The first-order valence-electron chi connectivity index (χ1n) is 17.2. The Balaban J connectivity index is 1.27. The molecule has 2 aliphatic heterocycles. The molecule has 0 bridgehead atoms. The van der Waals surface area contributed by atoms with E-state index in [1.807, 2.05) is 64.1 Å². The summed E-state index contributed by atoms with van der Waals surface area (Å²) in [6, 6.07) is 14.9. The highest BCUT2D eigenvalue weighted by Crippen LogP contribution is 2.69. The smallest absolute Gasteiger partial charge is 0.338 e. The lowest BCUT2D eigenvalue weighted by molar-refractivity contribution is -0.359. The third kappa shape index (κ3) is 5.60. The Kier molecular flexibility index (Phi) is 8.69. The fraction of sp³-hybridized carbons (Fsp3) is 0.641. The molecule has 7 heteroatoms. The minimum Gasteiger partial charge on any atom is -0.462 e. The van der Waals surface area contributed by atoms with Gasteiger partial charge in [-0.15, -0.1) is 0 Å². The highest BCUT2D eigenvalue weighted by molar-refractivity contribution is 5.91. The zero-order valence-corrected chi connectivity index (χ0v) is 28.8. The van der Waals surface area contributed by atoms with E-state index in [1.54, 1.807) is 12.1 Å². The third-order valence-corrected chi connectivity index (χ3v) is 12.4. The molecule has 2 aromatic carbocycles. The van der Waals surface area contributed by atoms with Crippen LogP contribution in [-0.4, -0.2) is 54.9 Å². The Labute approximate surface area is 274 Å². The van der Waals surface area contributed by atoms with E-state index >= 15 is 0 Å². The van der Waals surface area contributed by atoms with Gasteiger partial charge in [0.2, 0.25) is 0 Å². The SMILES string of the molecule is Cc1ccccc1C(=O)OCC[C@@]1(COC(=O)c2ccccc2C)CC[C@@]2(O1)[C@H](C)CC[C@@H]1[C@]3(C)COC(C)(C)O[C@@H]3CC[C@@]12C.